The predicted octanol–water partition coefficient (Wildman–Crippen LogP) is 6.23. The lowest BCUT2D eigenvalue weighted by atomic mass is 9.90. The van der Waals surface area contributed by atoms with Gasteiger partial charge in [0.2, 0.25) is 0 Å². The third kappa shape index (κ3) is 5.15. The first-order valence-electron chi connectivity index (χ1n) is 12.5. The van der Waals surface area contributed by atoms with Crippen LogP contribution in [-0.2, 0) is 0 Å². The minimum absolute atomic E-state index is 0.275. The van der Waals surface area contributed by atoms with Crippen LogP contribution in [-0.4, -0.2) is 21.6 Å². The van der Waals surface area contributed by atoms with Crippen LogP contribution in [0.15, 0.2) is 54.5 Å². The second kappa shape index (κ2) is 9.73. The highest BCUT2D eigenvalue weighted by molar-refractivity contribution is 6.35. The fourth-order valence-corrected chi connectivity index (χ4v) is 4.50. The normalized spacial score (nSPS) is 16.4. The van der Waals surface area contributed by atoms with Gasteiger partial charge in [0.25, 0.3) is 0 Å². The van der Waals surface area contributed by atoms with E-state index in [0.29, 0.717) is 33.7 Å². The number of benzene rings is 2. The molecule has 0 bridgehead atoms. The fourth-order valence-electron chi connectivity index (χ4n) is 4.23. The maximum absolute atomic E-state index is 13.7. The van der Waals surface area contributed by atoms with Crippen molar-refractivity contribution < 1.29 is 4.39 Å². The summed E-state index contributed by atoms with van der Waals surface area (Å²) in [7, 11) is 0. The van der Waals surface area contributed by atoms with E-state index >= 15 is 0 Å². The SMILES string of the molecule is CC(C)C(C)(C)Nc1c(C#N)cnc2c(Cl)cc(NC(C3=CN(C4CC4)NN3)c3ccc(F)cc3)cc12. The van der Waals surface area contributed by atoms with Crippen molar-refractivity contribution >= 4 is 33.9 Å². The molecule has 0 spiro atoms. The third-order valence-electron chi connectivity index (χ3n) is 7.31. The van der Waals surface area contributed by atoms with Gasteiger partial charge in [0.1, 0.15) is 11.9 Å². The van der Waals surface area contributed by atoms with Crippen molar-refractivity contribution in [3.8, 4) is 6.07 Å². The molecule has 1 aliphatic carbocycles. The van der Waals surface area contributed by atoms with Crippen molar-refractivity contribution in [1.29, 1.82) is 5.26 Å². The van der Waals surface area contributed by atoms with Gasteiger partial charge in [0.05, 0.1) is 33.5 Å². The van der Waals surface area contributed by atoms with Gasteiger partial charge in [-0.05, 0) is 62.4 Å². The summed E-state index contributed by atoms with van der Waals surface area (Å²) >= 11 is 6.73. The topological polar surface area (TPSA) is 88.0 Å². The molecule has 9 heteroatoms. The van der Waals surface area contributed by atoms with Gasteiger partial charge >= 0.3 is 0 Å². The van der Waals surface area contributed by atoms with Crippen molar-refractivity contribution in [2.75, 3.05) is 10.6 Å². The average molecular weight is 520 g/mol. The maximum atomic E-state index is 13.7. The van der Waals surface area contributed by atoms with Gasteiger partial charge in [-0.25, -0.2) is 4.39 Å². The number of pyridine rings is 1. The standard InChI is InChI=1S/C28H31ClFN7/c1-16(2)28(3,4)34-25-18(13-31)14-32-27-22(25)11-20(12-23(27)29)33-26(17-5-7-19(30)8-6-17)24-15-37(36-35-24)21-9-10-21/h5-8,11-12,14-16,21,26,33,35-36H,9-10H2,1-4H3,(H,32,34). The summed E-state index contributed by atoms with van der Waals surface area (Å²) in [5, 5.41) is 20.3. The van der Waals surface area contributed by atoms with Crippen LogP contribution in [0.4, 0.5) is 15.8 Å². The monoisotopic (exact) mass is 519 g/mol. The van der Waals surface area contributed by atoms with Crippen LogP contribution in [0.5, 0.6) is 0 Å². The molecule has 2 aromatic carbocycles. The number of hydrogen-bond acceptors (Lipinski definition) is 7. The summed E-state index contributed by atoms with van der Waals surface area (Å²) in [6.45, 7) is 8.49. The zero-order chi connectivity index (χ0) is 26.3. The largest absolute Gasteiger partial charge is 0.378 e. The van der Waals surface area contributed by atoms with Crippen LogP contribution >= 0.6 is 11.6 Å². The number of aromatic nitrogens is 1. The quantitative estimate of drug-likeness (QED) is 0.280. The Kier molecular flexibility index (Phi) is 6.61. The van der Waals surface area contributed by atoms with Gasteiger partial charge in [-0.1, -0.05) is 37.6 Å². The van der Waals surface area contributed by atoms with Crippen molar-refractivity contribution in [1.82, 2.24) is 21.0 Å². The van der Waals surface area contributed by atoms with Crippen molar-refractivity contribution in [2.45, 2.75) is 58.2 Å². The molecule has 192 valence electrons. The molecular weight excluding hydrogens is 489 g/mol. The summed E-state index contributed by atoms with van der Waals surface area (Å²) in [4.78, 5) is 4.48. The first kappa shape index (κ1) is 25.1. The molecule has 1 fully saturated rings. The predicted molar refractivity (Wildman–Crippen MR) is 146 cm³/mol. The summed E-state index contributed by atoms with van der Waals surface area (Å²) < 4.78 is 13.7. The second-order valence-electron chi connectivity index (χ2n) is 10.6. The van der Waals surface area contributed by atoms with Crippen LogP contribution in [0.25, 0.3) is 10.9 Å². The molecule has 0 saturated heterocycles. The lowest BCUT2D eigenvalue weighted by molar-refractivity contribution is 0.260. The Balaban J connectivity index is 1.58. The molecule has 37 heavy (non-hydrogen) atoms. The van der Waals surface area contributed by atoms with Gasteiger partial charge in [0.15, 0.2) is 0 Å². The number of nitriles is 1. The van der Waals surface area contributed by atoms with Crippen molar-refractivity contribution in [3.63, 3.8) is 0 Å². The molecule has 1 atom stereocenters. The first-order valence-corrected chi connectivity index (χ1v) is 12.9. The van der Waals surface area contributed by atoms with Crippen LogP contribution in [0.3, 0.4) is 0 Å². The second-order valence-corrected chi connectivity index (χ2v) is 11.0. The summed E-state index contributed by atoms with van der Waals surface area (Å²) in [5.74, 6) is 0.0186. The molecule has 1 saturated carbocycles. The van der Waals surface area contributed by atoms with E-state index in [9.17, 15) is 9.65 Å². The zero-order valence-electron chi connectivity index (χ0n) is 21.4. The highest BCUT2D eigenvalue weighted by atomic mass is 35.5. The summed E-state index contributed by atoms with van der Waals surface area (Å²) in [5.41, 5.74) is 10.5. The molecule has 1 aromatic heterocycles. The van der Waals surface area contributed by atoms with E-state index in [0.717, 1.165) is 35.2 Å². The summed E-state index contributed by atoms with van der Waals surface area (Å²) in [6.07, 6.45) is 5.90. The Morgan fingerprint density at radius 2 is 1.95 bits per heavy atom. The Labute approximate surface area is 221 Å². The van der Waals surface area contributed by atoms with Crippen molar-refractivity contribution in [2.24, 2.45) is 5.92 Å². The first-order chi connectivity index (χ1) is 17.7. The number of hydrogen-bond donors (Lipinski definition) is 4. The van der Waals surface area contributed by atoms with E-state index in [4.69, 9.17) is 11.6 Å². The van der Waals surface area contributed by atoms with Gasteiger partial charge in [-0.2, -0.15) is 5.26 Å². The molecule has 4 N–H and O–H groups in total. The van der Waals surface area contributed by atoms with Crippen LogP contribution in [0, 0.1) is 23.1 Å². The molecule has 3 aromatic rings. The molecule has 2 aliphatic rings. The van der Waals surface area contributed by atoms with Gasteiger partial charge in [-0.3, -0.25) is 9.99 Å². The van der Waals surface area contributed by atoms with Crippen LogP contribution in [0.2, 0.25) is 5.02 Å². The Morgan fingerprint density at radius 3 is 2.59 bits per heavy atom. The van der Waals surface area contributed by atoms with E-state index in [1.165, 1.54) is 12.1 Å². The number of hydrazine groups is 2. The minimum atomic E-state index is -0.305. The molecule has 2 heterocycles. The number of anilines is 2. The lowest BCUT2D eigenvalue weighted by Crippen LogP contribution is -2.38. The number of nitrogens with zero attached hydrogens (tertiary/aromatic N) is 3. The Hall–Kier alpha value is -3.54. The number of rotatable bonds is 8. The van der Waals surface area contributed by atoms with Crippen LogP contribution in [0.1, 0.15) is 57.7 Å². The number of nitrogens with one attached hydrogen (secondary N) is 4. The van der Waals surface area contributed by atoms with E-state index < -0.39 is 0 Å². The third-order valence-corrected chi connectivity index (χ3v) is 7.60. The smallest absolute Gasteiger partial charge is 0.123 e. The lowest BCUT2D eigenvalue weighted by Gasteiger charge is -2.32. The van der Waals surface area contributed by atoms with Gasteiger partial charge in [-0.15, -0.1) is 5.53 Å². The molecule has 7 nitrogen and oxygen atoms in total. The average Bonchev–Trinajstić information content (AvgIpc) is 3.60. The van der Waals surface area contributed by atoms with E-state index in [1.807, 2.05) is 12.1 Å². The van der Waals surface area contributed by atoms with E-state index in [-0.39, 0.29) is 17.4 Å². The molecular formula is C28H31ClFN7. The zero-order valence-corrected chi connectivity index (χ0v) is 22.1. The highest BCUT2D eigenvalue weighted by Gasteiger charge is 2.32. The maximum Gasteiger partial charge on any atom is 0.123 e. The highest BCUT2D eigenvalue weighted by Crippen LogP contribution is 2.38. The molecule has 1 aliphatic heterocycles. The van der Waals surface area contributed by atoms with E-state index in [1.54, 1.807) is 18.3 Å². The number of fused-ring (bicyclic) bond motifs is 1. The van der Waals surface area contributed by atoms with Gasteiger partial charge < -0.3 is 16.1 Å². The molecule has 0 amide bonds. The number of halogens is 2. The summed E-state index contributed by atoms with van der Waals surface area (Å²) in [6, 6.07) is 12.7. The van der Waals surface area contributed by atoms with Crippen LogP contribution < -0.4 is 21.6 Å². The Bertz CT molecular complexity index is 1390. The van der Waals surface area contributed by atoms with E-state index in [2.05, 4.69) is 71.6 Å². The van der Waals surface area contributed by atoms with Gasteiger partial charge in [0, 0.05) is 35.1 Å². The molecule has 5 rings (SSSR count). The fraction of sp³-hybridized carbons (Fsp3) is 0.357. The van der Waals surface area contributed by atoms with Crippen molar-refractivity contribution in [3.05, 3.63) is 76.5 Å². The molecule has 0 radical (unpaired) electrons. The molecule has 1 unspecified atom stereocenters. The minimum Gasteiger partial charge on any atom is -0.378 e. The Morgan fingerprint density at radius 1 is 1.22 bits per heavy atom.